The number of benzene rings is 2. The molecule has 1 aliphatic rings. The summed E-state index contributed by atoms with van der Waals surface area (Å²) in [7, 11) is 0. The predicted octanol–water partition coefficient (Wildman–Crippen LogP) is 3.77. The fourth-order valence-electron chi connectivity index (χ4n) is 3.54. The molecule has 0 saturated carbocycles. The number of unbranched alkanes of at least 4 members (excludes halogenated alkanes) is 1. The topological polar surface area (TPSA) is 78.5 Å². The first kappa shape index (κ1) is 21.6. The average molecular weight is 408 g/mol. The van der Waals surface area contributed by atoms with Gasteiger partial charge in [0.15, 0.2) is 0 Å². The number of carbonyl (C=O) groups is 3. The van der Waals surface area contributed by atoms with E-state index in [4.69, 9.17) is 0 Å². The van der Waals surface area contributed by atoms with Crippen molar-refractivity contribution in [1.29, 1.82) is 0 Å². The molecule has 1 aliphatic heterocycles. The summed E-state index contributed by atoms with van der Waals surface area (Å²) in [5.74, 6) is -0.978. The minimum Gasteiger partial charge on any atom is -0.352 e. The first-order chi connectivity index (χ1) is 14.5. The summed E-state index contributed by atoms with van der Waals surface area (Å²) in [6.07, 6.45) is 2.99. The number of amides is 3. The molecule has 1 saturated heterocycles. The number of anilines is 2. The van der Waals surface area contributed by atoms with Crippen LogP contribution < -0.4 is 15.5 Å². The molecule has 6 nitrogen and oxygen atoms in total. The van der Waals surface area contributed by atoms with E-state index >= 15 is 0 Å². The maximum absolute atomic E-state index is 12.9. The minimum atomic E-state index is -0.459. The van der Waals surface area contributed by atoms with E-state index in [2.05, 4.69) is 24.5 Å². The first-order valence-corrected chi connectivity index (χ1v) is 10.6. The van der Waals surface area contributed by atoms with Gasteiger partial charge in [-0.2, -0.15) is 0 Å². The van der Waals surface area contributed by atoms with Crippen LogP contribution in [0.2, 0.25) is 0 Å². The molecule has 0 spiro atoms. The van der Waals surface area contributed by atoms with E-state index in [-0.39, 0.29) is 24.1 Å². The van der Waals surface area contributed by atoms with E-state index in [0.717, 1.165) is 24.9 Å². The number of para-hydroxylation sites is 1. The third-order valence-electron chi connectivity index (χ3n) is 5.40. The Hall–Kier alpha value is -3.15. The summed E-state index contributed by atoms with van der Waals surface area (Å²) in [4.78, 5) is 39.5. The van der Waals surface area contributed by atoms with Gasteiger partial charge in [0, 0.05) is 25.2 Å². The second-order valence-electron chi connectivity index (χ2n) is 7.57. The summed E-state index contributed by atoms with van der Waals surface area (Å²) in [5, 5.41) is 5.73. The van der Waals surface area contributed by atoms with Gasteiger partial charge >= 0.3 is 0 Å². The molecule has 0 bridgehead atoms. The van der Waals surface area contributed by atoms with Crippen LogP contribution in [-0.4, -0.2) is 30.8 Å². The van der Waals surface area contributed by atoms with E-state index in [1.807, 2.05) is 24.3 Å². The molecule has 1 heterocycles. The van der Waals surface area contributed by atoms with Crippen LogP contribution in [-0.2, 0) is 16.0 Å². The largest absolute Gasteiger partial charge is 0.352 e. The van der Waals surface area contributed by atoms with Crippen LogP contribution >= 0.6 is 0 Å². The quantitative estimate of drug-likeness (QED) is 0.654. The Morgan fingerprint density at radius 2 is 1.80 bits per heavy atom. The van der Waals surface area contributed by atoms with E-state index < -0.39 is 5.92 Å². The molecular formula is C24H29N3O3. The maximum Gasteiger partial charge on any atom is 0.253 e. The first-order valence-electron chi connectivity index (χ1n) is 10.6. The maximum atomic E-state index is 12.9. The molecule has 0 aliphatic carbocycles. The number of hydrogen-bond acceptors (Lipinski definition) is 3. The minimum absolute atomic E-state index is 0.0648. The Morgan fingerprint density at radius 1 is 1.07 bits per heavy atom. The number of nitrogens with zero attached hydrogens (tertiary/aromatic N) is 1. The number of aryl methyl sites for hydroxylation is 1. The lowest BCUT2D eigenvalue weighted by Crippen LogP contribution is -2.29. The van der Waals surface area contributed by atoms with Crippen LogP contribution in [0.1, 0.15) is 49.0 Å². The Kier molecular flexibility index (Phi) is 7.22. The van der Waals surface area contributed by atoms with Gasteiger partial charge in [0.1, 0.15) is 0 Å². The van der Waals surface area contributed by atoms with Gasteiger partial charge < -0.3 is 15.5 Å². The summed E-state index contributed by atoms with van der Waals surface area (Å²) in [6.45, 7) is 5.07. The van der Waals surface area contributed by atoms with E-state index in [1.54, 1.807) is 29.2 Å². The normalized spacial score (nSPS) is 15.9. The van der Waals surface area contributed by atoms with Gasteiger partial charge in [0.05, 0.1) is 17.2 Å². The van der Waals surface area contributed by atoms with Gasteiger partial charge in [-0.15, -0.1) is 0 Å². The second-order valence-corrected chi connectivity index (χ2v) is 7.57. The van der Waals surface area contributed by atoms with Crippen LogP contribution in [0.3, 0.4) is 0 Å². The number of carbonyl (C=O) groups excluding carboxylic acids is 3. The monoisotopic (exact) mass is 407 g/mol. The summed E-state index contributed by atoms with van der Waals surface area (Å²) < 4.78 is 0. The van der Waals surface area contributed by atoms with E-state index in [0.29, 0.717) is 24.3 Å². The molecule has 6 heteroatoms. The third kappa shape index (κ3) is 5.06. The predicted molar refractivity (Wildman–Crippen MR) is 119 cm³/mol. The van der Waals surface area contributed by atoms with Gasteiger partial charge in [0.25, 0.3) is 5.91 Å². The van der Waals surface area contributed by atoms with Crippen LogP contribution in [0.25, 0.3) is 0 Å². The second kappa shape index (κ2) is 10.1. The Morgan fingerprint density at radius 3 is 2.50 bits per heavy atom. The molecule has 1 atom stereocenters. The van der Waals surface area contributed by atoms with Gasteiger partial charge in [-0.25, -0.2) is 0 Å². The van der Waals surface area contributed by atoms with Gasteiger partial charge in [-0.3, -0.25) is 14.4 Å². The molecule has 2 aromatic rings. The van der Waals surface area contributed by atoms with Crippen LogP contribution in [0, 0.1) is 5.92 Å². The molecule has 158 valence electrons. The van der Waals surface area contributed by atoms with Crippen molar-refractivity contribution in [1.82, 2.24) is 5.32 Å². The molecule has 30 heavy (non-hydrogen) atoms. The SMILES string of the molecule is CCCCNC(=O)c1ccccc1NC(=O)[C@@H]1CC(=O)N(c2ccc(CC)cc2)C1. The zero-order valence-electron chi connectivity index (χ0n) is 17.6. The summed E-state index contributed by atoms with van der Waals surface area (Å²) in [5.41, 5.74) is 2.91. The van der Waals surface area contributed by atoms with Gasteiger partial charge in [-0.1, -0.05) is 44.5 Å². The van der Waals surface area contributed by atoms with Crippen molar-refractivity contribution in [2.24, 2.45) is 5.92 Å². The molecule has 3 rings (SSSR count). The van der Waals surface area contributed by atoms with Crippen molar-refractivity contribution in [3.8, 4) is 0 Å². The highest BCUT2D eigenvalue weighted by molar-refractivity contribution is 6.07. The molecule has 0 unspecified atom stereocenters. The Balaban J connectivity index is 1.66. The van der Waals surface area contributed by atoms with Crippen LogP contribution in [0.5, 0.6) is 0 Å². The summed E-state index contributed by atoms with van der Waals surface area (Å²) in [6, 6.07) is 14.8. The van der Waals surface area contributed by atoms with Crippen molar-refractivity contribution in [2.75, 3.05) is 23.3 Å². The smallest absolute Gasteiger partial charge is 0.253 e. The molecule has 2 aromatic carbocycles. The highest BCUT2D eigenvalue weighted by Crippen LogP contribution is 2.27. The summed E-state index contributed by atoms with van der Waals surface area (Å²) >= 11 is 0. The zero-order chi connectivity index (χ0) is 21.5. The Bertz CT molecular complexity index is 908. The van der Waals surface area contributed by atoms with Crippen molar-refractivity contribution >= 4 is 29.1 Å². The van der Waals surface area contributed by atoms with Crippen molar-refractivity contribution in [3.05, 3.63) is 59.7 Å². The zero-order valence-corrected chi connectivity index (χ0v) is 17.6. The number of rotatable bonds is 8. The third-order valence-corrected chi connectivity index (χ3v) is 5.40. The average Bonchev–Trinajstić information content (AvgIpc) is 3.16. The molecule has 3 amide bonds. The lowest BCUT2D eigenvalue weighted by atomic mass is 10.1. The Labute approximate surface area is 177 Å². The fourth-order valence-corrected chi connectivity index (χ4v) is 3.54. The van der Waals surface area contributed by atoms with Crippen LogP contribution in [0.15, 0.2) is 48.5 Å². The molecule has 2 N–H and O–H groups in total. The van der Waals surface area contributed by atoms with E-state index in [1.165, 1.54) is 5.56 Å². The number of nitrogens with one attached hydrogen (secondary N) is 2. The molecule has 0 radical (unpaired) electrons. The van der Waals surface area contributed by atoms with Crippen molar-refractivity contribution in [2.45, 2.75) is 39.5 Å². The lowest BCUT2D eigenvalue weighted by molar-refractivity contribution is -0.122. The van der Waals surface area contributed by atoms with Crippen LogP contribution in [0.4, 0.5) is 11.4 Å². The molecule has 1 fully saturated rings. The highest BCUT2D eigenvalue weighted by Gasteiger charge is 2.35. The number of hydrogen-bond donors (Lipinski definition) is 2. The van der Waals surface area contributed by atoms with Crippen molar-refractivity contribution < 1.29 is 14.4 Å². The van der Waals surface area contributed by atoms with Gasteiger partial charge in [0.2, 0.25) is 11.8 Å². The van der Waals surface area contributed by atoms with Gasteiger partial charge in [-0.05, 0) is 42.7 Å². The fraction of sp³-hybridized carbons (Fsp3) is 0.375. The lowest BCUT2D eigenvalue weighted by Gasteiger charge is -2.17. The highest BCUT2D eigenvalue weighted by atomic mass is 16.2. The standard InChI is InChI=1S/C24H29N3O3/c1-3-5-14-25-24(30)20-8-6-7-9-21(20)26-23(29)18-15-22(28)27(16-18)19-12-10-17(4-2)11-13-19/h6-13,18H,3-5,14-16H2,1-2H3,(H,25,30)(H,26,29)/t18-/m1/s1. The molecular weight excluding hydrogens is 378 g/mol. The van der Waals surface area contributed by atoms with E-state index in [9.17, 15) is 14.4 Å². The molecule has 0 aromatic heterocycles. The van der Waals surface area contributed by atoms with Crippen molar-refractivity contribution in [3.63, 3.8) is 0 Å².